The van der Waals surface area contributed by atoms with Crippen LogP contribution in [0.1, 0.15) is 39.4 Å². The summed E-state index contributed by atoms with van der Waals surface area (Å²) in [5.74, 6) is 0.903. The SMILES string of the molecule is COc1cc(C(N)Cc2c(C)cc(C)cc2C)ccc1C. The highest BCUT2D eigenvalue weighted by atomic mass is 16.5. The highest BCUT2D eigenvalue weighted by Gasteiger charge is 2.13. The lowest BCUT2D eigenvalue weighted by atomic mass is 9.92. The Labute approximate surface area is 127 Å². The van der Waals surface area contributed by atoms with Crippen LogP contribution < -0.4 is 10.5 Å². The number of methoxy groups -OCH3 is 1. The molecule has 2 rings (SSSR count). The lowest BCUT2D eigenvalue weighted by molar-refractivity contribution is 0.410. The van der Waals surface area contributed by atoms with Gasteiger partial charge in [0.1, 0.15) is 5.75 Å². The van der Waals surface area contributed by atoms with E-state index in [0.29, 0.717) is 0 Å². The Bertz CT molecular complexity index is 623. The molecule has 112 valence electrons. The van der Waals surface area contributed by atoms with Crippen LogP contribution in [0.2, 0.25) is 0 Å². The molecule has 0 heterocycles. The maximum atomic E-state index is 6.42. The van der Waals surface area contributed by atoms with Gasteiger partial charge in [-0.05, 0) is 68.0 Å². The van der Waals surface area contributed by atoms with Gasteiger partial charge in [0.05, 0.1) is 7.11 Å². The van der Waals surface area contributed by atoms with Crippen molar-refractivity contribution >= 4 is 0 Å². The average molecular weight is 283 g/mol. The number of benzene rings is 2. The summed E-state index contributed by atoms with van der Waals surface area (Å²) >= 11 is 0. The molecule has 2 nitrogen and oxygen atoms in total. The minimum absolute atomic E-state index is 0.0143. The first-order valence-corrected chi connectivity index (χ1v) is 7.39. The van der Waals surface area contributed by atoms with Gasteiger partial charge in [-0.25, -0.2) is 0 Å². The van der Waals surface area contributed by atoms with Gasteiger partial charge in [-0.15, -0.1) is 0 Å². The summed E-state index contributed by atoms with van der Waals surface area (Å²) in [7, 11) is 1.70. The van der Waals surface area contributed by atoms with Gasteiger partial charge in [0.25, 0.3) is 0 Å². The molecule has 0 saturated carbocycles. The fourth-order valence-electron chi connectivity index (χ4n) is 2.94. The maximum Gasteiger partial charge on any atom is 0.122 e. The van der Waals surface area contributed by atoms with E-state index in [-0.39, 0.29) is 6.04 Å². The molecule has 0 amide bonds. The minimum atomic E-state index is -0.0143. The van der Waals surface area contributed by atoms with Crippen molar-refractivity contribution in [2.75, 3.05) is 7.11 Å². The second-order valence-corrected chi connectivity index (χ2v) is 5.92. The lowest BCUT2D eigenvalue weighted by Crippen LogP contribution is -2.15. The van der Waals surface area contributed by atoms with Crippen molar-refractivity contribution in [3.05, 3.63) is 63.7 Å². The van der Waals surface area contributed by atoms with Crippen LogP contribution in [0.25, 0.3) is 0 Å². The van der Waals surface area contributed by atoms with E-state index in [1.54, 1.807) is 7.11 Å². The van der Waals surface area contributed by atoms with Crippen molar-refractivity contribution in [2.45, 2.75) is 40.2 Å². The predicted octanol–water partition coefficient (Wildman–Crippen LogP) is 4.17. The smallest absolute Gasteiger partial charge is 0.122 e. The van der Waals surface area contributed by atoms with Gasteiger partial charge in [0.15, 0.2) is 0 Å². The standard InChI is InChI=1S/C19H25NO/c1-12-8-14(3)17(15(4)9-12)11-18(20)16-7-6-13(2)19(10-16)21-5/h6-10,18H,11,20H2,1-5H3. The first-order valence-electron chi connectivity index (χ1n) is 7.39. The Morgan fingerprint density at radius 2 is 1.57 bits per heavy atom. The Balaban J connectivity index is 2.28. The monoisotopic (exact) mass is 283 g/mol. The maximum absolute atomic E-state index is 6.42. The second-order valence-electron chi connectivity index (χ2n) is 5.92. The van der Waals surface area contributed by atoms with E-state index in [2.05, 4.69) is 51.1 Å². The summed E-state index contributed by atoms with van der Waals surface area (Å²) in [4.78, 5) is 0. The summed E-state index contributed by atoms with van der Waals surface area (Å²) in [5.41, 5.74) is 14.0. The third-order valence-corrected chi connectivity index (χ3v) is 4.12. The Hall–Kier alpha value is -1.80. The second kappa shape index (κ2) is 6.31. The van der Waals surface area contributed by atoms with Crippen molar-refractivity contribution < 1.29 is 4.74 Å². The molecule has 21 heavy (non-hydrogen) atoms. The van der Waals surface area contributed by atoms with Crippen molar-refractivity contribution in [1.82, 2.24) is 0 Å². The summed E-state index contributed by atoms with van der Waals surface area (Å²) in [6, 6.07) is 10.7. The zero-order valence-electron chi connectivity index (χ0n) is 13.7. The first kappa shape index (κ1) is 15.6. The van der Waals surface area contributed by atoms with Gasteiger partial charge in [0, 0.05) is 6.04 Å². The number of hydrogen-bond acceptors (Lipinski definition) is 2. The molecule has 2 aromatic rings. The van der Waals surface area contributed by atoms with Crippen LogP contribution in [0.5, 0.6) is 5.75 Å². The number of hydrogen-bond donors (Lipinski definition) is 1. The summed E-state index contributed by atoms with van der Waals surface area (Å²) < 4.78 is 5.39. The minimum Gasteiger partial charge on any atom is -0.496 e. The van der Waals surface area contributed by atoms with E-state index in [4.69, 9.17) is 10.5 Å². The van der Waals surface area contributed by atoms with Gasteiger partial charge < -0.3 is 10.5 Å². The zero-order valence-corrected chi connectivity index (χ0v) is 13.7. The molecule has 1 unspecified atom stereocenters. The topological polar surface area (TPSA) is 35.2 Å². The molecule has 0 saturated heterocycles. The summed E-state index contributed by atoms with van der Waals surface area (Å²) in [6.07, 6.45) is 0.851. The molecule has 0 fully saturated rings. The number of rotatable bonds is 4. The molecular formula is C19H25NO. The van der Waals surface area contributed by atoms with E-state index in [9.17, 15) is 0 Å². The fourth-order valence-corrected chi connectivity index (χ4v) is 2.94. The molecule has 2 heteroatoms. The molecule has 0 bridgehead atoms. The van der Waals surface area contributed by atoms with Gasteiger partial charge in [-0.3, -0.25) is 0 Å². The molecule has 1 atom stereocenters. The number of ether oxygens (including phenoxy) is 1. The largest absolute Gasteiger partial charge is 0.496 e. The van der Waals surface area contributed by atoms with Crippen LogP contribution in [0, 0.1) is 27.7 Å². The molecule has 2 aromatic carbocycles. The molecule has 0 radical (unpaired) electrons. The van der Waals surface area contributed by atoms with E-state index in [1.807, 2.05) is 6.92 Å². The Morgan fingerprint density at radius 1 is 0.952 bits per heavy atom. The molecule has 0 aliphatic carbocycles. The van der Waals surface area contributed by atoms with Gasteiger partial charge >= 0.3 is 0 Å². The first-order chi connectivity index (χ1) is 9.92. The molecule has 0 aliphatic rings. The lowest BCUT2D eigenvalue weighted by Gasteiger charge is -2.18. The van der Waals surface area contributed by atoms with Crippen LogP contribution in [0.4, 0.5) is 0 Å². The van der Waals surface area contributed by atoms with E-state index < -0.39 is 0 Å². The van der Waals surface area contributed by atoms with Gasteiger partial charge in [-0.1, -0.05) is 29.8 Å². The van der Waals surface area contributed by atoms with Crippen LogP contribution in [0.3, 0.4) is 0 Å². The molecule has 2 N–H and O–H groups in total. The van der Waals surface area contributed by atoms with Crippen molar-refractivity contribution in [2.24, 2.45) is 5.73 Å². The fraction of sp³-hybridized carbons (Fsp3) is 0.368. The van der Waals surface area contributed by atoms with E-state index in [1.165, 1.54) is 22.3 Å². The van der Waals surface area contributed by atoms with Crippen molar-refractivity contribution in [1.29, 1.82) is 0 Å². The molecule has 0 aliphatic heterocycles. The van der Waals surface area contributed by atoms with Crippen molar-refractivity contribution in [3.63, 3.8) is 0 Å². The normalized spacial score (nSPS) is 12.3. The van der Waals surface area contributed by atoms with Crippen LogP contribution in [-0.4, -0.2) is 7.11 Å². The highest BCUT2D eigenvalue weighted by Crippen LogP contribution is 2.26. The Kier molecular flexibility index (Phi) is 4.69. The van der Waals surface area contributed by atoms with E-state index >= 15 is 0 Å². The quantitative estimate of drug-likeness (QED) is 0.914. The van der Waals surface area contributed by atoms with Crippen molar-refractivity contribution in [3.8, 4) is 5.75 Å². The molecule has 0 spiro atoms. The van der Waals surface area contributed by atoms with Gasteiger partial charge in [-0.2, -0.15) is 0 Å². The zero-order chi connectivity index (χ0) is 15.6. The van der Waals surface area contributed by atoms with Crippen LogP contribution >= 0.6 is 0 Å². The van der Waals surface area contributed by atoms with E-state index in [0.717, 1.165) is 23.3 Å². The third kappa shape index (κ3) is 3.45. The predicted molar refractivity (Wildman–Crippen MR) is 89.0 cm³/mol. The highest BCUT2D eigenvalue weighted by molar-refractivity contribution is 5.41. The average Bonchev–Trinajstić information content (AvgIpc) is 2.43. The summed E-state index contributed by atoms with van der Waals surface area (Å²) in [5, 5.41) is 0. The molecular weight excluding hydrogens is 258 g/mol. The summed E-state index contributed by atoms with van der Waals surface area (Å²) in [6.45, 7) is 8.51. The van der Waals surface area contributed by atoms with Gasteiger partial charge in [0.2, 0.25) is 0 Å². The number of nitrogens with two attached hydrogens (primary N) is 1. The third-order valence-electron chi connectivity index (χ3n) is 4.12. The molecule has 0 aromatic heterocycles. The van der Waals surface area contributed by atoms with Crippen LogP contribution in [-0.2, 0) is 6.42 Å². The van der Waals surface area contributed by atoms with Crippen LogP contribution in [0.15, 0.2) is 30.3 Å². The Morgan fingerprint density at radius 3 is 2.14 bits per heavy atom. The number of aryl methyl sites for hydroxylation is 4.